The van der Waals surface area contributed by atoms with Crippen LogP contribution in [0.1, 0.15) is 6.92 Å². The Balaban J connectivity index is 1.86. The molecular formula is C16H21Cl2N3O3. The van der Waals surface area contributed by atoms with Crippen molar-refractivity contribution in [2.75, 3.05) is 51.3 Å². The topological polar surface area (TPSA) is 61.9 Å². The number of hydrogen-bond donors (Lipinski definition) is 1. The van der Waals surface area contributed by atoms with Gasteiger partial charge in [-0.25, -0.2) is 0 Å². The van der Waals surface area contributed by atoms with Crippen LogP contribution in [0, 0.1) is 0 Å². The Hall–Kier alpha value is -1.34. The lowest BCUT2D eigenvalue weighted by Gasteiger charge is -2.29. The maximum absolute atomic E-state index is 12.2. The number of carbonyl (C=O) groups is 2. The summed E-state index contributed by atoms with van der Waals surface area (Å²) >= 11 is 11.8. The highest BCUT2D eigenvalue weighted by atomic mass is 35.5. The highest BCUT2D eigenvalue weighted by Crippen LogP contribution is 2.22. The smallest absolute Gasteiger partial charge is 0.243 e. The van der Waals surface area contributed by atoms with Crippen LogP contribution in [0.5, 0.6) is 0 Å². The number of hydrogen-bond acceptors (Lipinski definition) is 4. The third-order valence-corrected chi connectivity index (χ3v) is 4.15. The number of ether oxygens (including phenoxy) is 1. The summed E-state index contributed by atoms with van der Waals surface area (Å²) in [6.45, 7) is 5.77. The van der Waals surface area contributed by atoms with Crippen molar-refractivity contribution in [1.29, 1.82) is 0 Å². The van der Waals surface area contributed by atoms with Crippen LogP contribution in [0.4, 0.5) is 5.69 Å². The van der Waals surface area contributed by atoms with Gasteiger partial charge in [-0.3, -0.25) is 14.5 Å². The van der Waals surface area contributed by atoms with E-state index in [0.29, 0.717) is 35.5 Å². The molecule has 24 heavy (non-hydrogen) atoms. The fourth-order valence-electron chi connectivity index (χ4n) is 2.43. The molecule has 1 heterocycles. The lowest BCUT2D eigenvalue weighted by molar-refractivity contribution is -0.133. The summed E-state index contributed by atoms with van der Waals surface area (Å²) in [5.74, 6) is -0.423. The molecule has 1 N–H and O–H groups in total. The normalized spacial score (nSPS) is 15.1. The van der Waals surface area contributed by atoms with Gasteiger partial charge >= 0.3 is 0 Å². The highest BCUT2D eigenvalue weighted by Gasteiger charge is 2.17. The zero-order chi connectivity index (χ0) is 17.5. The molecule has 0 saturated carbocycles. The first-order valence-electron chi connectivity index (χ1n) is 7.75. The summed E-state index contributed by atoms with van der Waals surface area (Å²) in [5, 5.41) is 3.59. The summed E-state index contributed by atoms with van der Waals surface area (Å²) in [5.41, 5.74) is 0.509. The van der Waals surface area contributed by atoms with E-state index in [1.807, 2.05) is 0 Å². The molecule has 0 aromatic heterocycles. The average molecular weight is 374 g/mol. The standard InChI is InChI=1S/C16H21Cl2N3O3/c1-12(22)21(3-2-20-4-6-24-7-5-20)11-16(23)19-15-9-13(17)8-14(18)10-15/h8-10H,2-7,11H2,1H3,(H,19,23). The number of benzene rings is 1. The number of morpholine rings is 1. The van der Waals surface area contributed by atoms with Gasteiger partial charge in [0.05, 0.1) is 19.8 Å². The number of amides is 2. The molecule has 0 atom stereocenters. The van der Waals surface area contributed by atoms with Crippen LogP contribution in [0.15, 0.2) is 18.2 Å². The van der Waals surface area contributed by atoms with Gasteiger partial charge in [-0.15, -0.1) is 0 Å². The van der Waals surface area contributed by atoms with Crippen molar-refractivity contribution in [3.63, 3.8) is 0 Å². The van der Waals surface area contributed by atoms with E-state index in [2.05, 4.69) is 10.2 Å². The van der Waals surface area contributed by atoms with Crippen molar-refractivity contribution in [2.24, 2.45) is 0 Å². The van der Waals surface area contributed by atoms with Gasteiger partial charge in [-0.1, -0.05) is 23.2 Å². The minimum atomic E-state index is -0.287. The number of halogens is 2. The molecule has 1 aromatic carbocycles. The van der Waals surface area contributed by atoms with Gasteiger partial charge in [0.15, 0.2) is 0 Å². The molecule has 132 valence electrons. The summed E-state index contributed by atoms with van der Waals surface area (Å²) in [4.78, 5) is 27.7. The van der Waals surface area contributed by atoms with Crippen LogP contribution in [0.2, 0.25) is 10.0 Å². The van der Waals surface area contributed by atoms with Crippen molar-refractivity contribution in [2.45, 2.75) is 6.92 Å². The van der Waals surface area contributed by atoms with Crippen LogP contribution >= 0.6 is 23.2 Å². The largest absolute Gasteiger partial charge is 0.379 e. The monoisotopic (exact) mass is 373 g/mol. The molecule has 1 saturated heterocycles. The molecule has 1 aliphatic heterocycles. The Labute approximate surface area is 151 Å². The summed E-state index contributed by atoms with van der Waals surface area (Å²) in [6, 6.07) is 4.80. The van der Waals surface area contributed by atoms with Gasteiger partial charge < -0.3 is 15.0 Å². The molecule has 0 aliphatic carbocycles. The Bertz CT molecular complexity index is 572. The van der Waals surface area contributed by atoms with E-state index in [1.165, 1.54) is 11.8 Å². The highest BCUT2D eigenvalue weighted by molar-refractivity contribution is 6.35. The summed E-state index contributed by atoms with van der Waals surface area (Å²) in [7, 11) is 0. The second kappa shape index (κ2) is 9.22. The zero-order valence-electron chi connectivity index (χ0n) is 13.6. The van der Waals surface area contributed by atoms with Crippen LogP contribution in [0.3, 0.4) is 0 Å². The third kappa shape index (κ3) is 6.28. The fourth-order valence-corrected chi connectivity index (χ4v) is 2.96. The van der Waals surface area contributed by atoms with E-state index in [4.69, 9.17) is 27.9 Å². The summed E-state index contributed by atoms with van der Waals surface area (Å²) in [6.07, 6.45) is 0. The van der Waals surface area contributed by atoms with Crippen molar-refractivity contribution in [3.05, 3.63) is 28.2 Å². The fraction of sp³-hybridized carbons (Fsp3) is 0.500. The van der Waals surface area contributed by atoms with E-state index in [0.717, 1.165) is 19.6 Å². The first-order valence-corrected chi connectivity index (χ1v) is 8.51. The predicted octanol–water partition coefficient (Wildman–Crippen LogP) is 2.11. The molecule has 2 rings (SSSR count). The molecule has 1 aromatic rings. The lowest BCUT2D eigenvalue weighted by Crippen LogP contribution is -2.44. The minimum absolute atomic E-state index is 0.0101. The summed E-state index contributed by atoms with van der Waals surface area (Å²) < 4.78 is 5.30. The van der Waals surface area contributed by atoms with E-state index in [-0.39, 0.29) is 18.4 Å². The van der Waals surface area contributed by atoms with Crippen LogP contribution in [0.25, 0.3) is 0 Å². The van der Waals surface area contributed by atoms with Crippen molar-refractivity contribution in [1.82, 2.24) is 9.80 Å². The third-order valence-electron chi connectivity index (χ3n) is 3.72. The molecule has 2 amide bonds. The number of nitrogens with one attached hydrogen (secondary N) is 1. The van der Waals surface area contributed by atoms with Gasteiger partial charge in [-0.2, -0.15) is 0 Å². The second-order valence-corrected chi connectivity index (χ2v) is 6.47. The lowest BCUT2D eigenvalue weighted by atomic mass is 10.3. The minimum Gasteiger partial charge on any atom is -0.379 e. The SMILES string of the molecule is CC(=O)N(CCN1CCOCC1)CC(=O)Nc1cc(Cl)cc(Cl)c1. The molecule has 0 unspecified atom stereocenters. The van der Waals surface area contributed by atoms with E-state index in [1.54, 1.807) is 18.2 Å². The first kappa shape index (κ1) is 19.0. The molecule has 0 spiro atoms. The molecule has 1 fully saturated rings. The second-order valence-electron chi connectivity index (χ2n) is 5.60. The first-order chi connectivity index (χ1) is 11.4. The van der Waals surface area contributed by atoms with Gasteiger partial charge in [0.25, 0.3) is 0 Å². The number of rotatable bonds is 6. The Morgan fingerprint density at radius 3 is 2.42 bits per heavy atom. The van der Waals surface area contributed by atoms with E-state index in [9.17, 15) is 9.59 Å². The van der Waals surface area contributed by atoms with Crippen LogP contribution in [-0.2, 0) is 14.3 Å². The molecule has 6 nitrogen and oxygen atoms in total. The van der Waals surface area contributed by atoms with Crippen molar-refractivity contribution >= 4 is 40.7 Å². The predicted molar refractivity (Wildman–Crippen MR) is 94.6 cm³/mol. The molecule has 0 bridgehead atoms. The van der Waals surface area contributed by atoms with Crippen molar-refractivity contribution in [3.8, 4) is 0 Å². The van der Waals surface area contributed by atoms with E-state index >= 15 is 0 Å². The van der Waals surface area contributed by atoms with Gasteiger partial charge in [0.2, 0.25) is 11.8 Å². The van der Waals surface area contributed by atoms with Crippen LogP contribution < -0.4 is 5.32 Å². The maximum Gasteiger partial charge on any atom is 0.243 e. The Morgan fingerprint density at radius 2 is 1.83 bits per heavy atom. The zero-order valence-corrected chi connectivity index (χ0v) is 15.1. The van der Waals surface area contributed by atoms with Gasteiger partial charge in [0.1, 0.15) is 0 Å². The van der Waals surface area contributed by atoms with Crippen molar-refractivity contribution < 1.29 is 14.3 Å². The Morgan fingerprint density at radius 1 is 1.21 bits per heavy atom. The van der Waals surface area contributed by atoms with E-state index < -0.39 is 0 Å². The quantitative estimate of drug-likeness (QED) is 0.829. The Kier molecular flexibility index (Phi) is 7.30. The van der Waals surface area contributed by atoms with Crippen LogP contribution in [-0.4, -0.2) is 67.6 Å². The van der Waals surface area contributed by atoms with Gasteiger partial charge in [-0.05, 0) is 18.2 Å². The average Bonchev–Trinajstić information content (AvgIpc) is 2.51. The molecule has 0 radical (unpaired) electrons. The molecule has 1 aliphatic rings. The number of anilines is 1. The maximum atomic E-state index is 12.2. The number of carbonyl (C=O) groups excluding carboxylic acids is 2. The van der Waals surface area contributed by atoms with Gasteiger partial charge in [0, 0.05) is 48.8 Å². The molecule has 8 heteroatoms. The number of nitrogens with zero attached hydrogens (tertiary/aromatic N) is 2. The molecular weight excluding hydrogens is 353 g/mol.